The Morgan fingerprint density at radius 2 is 1.90 bits per heavy atom. The van der Waals surface area contributed by atoms with E-state index in [0.717, 1.165) is 9.40 Å². The molecule has 102 valence electrons. The Hall–Kier alpha value is -2.33. The molecule has 0 bridgehead atoms. The first kappa shape index (κ1) is 12.4. The van der Waals surface area contributed by atoms with E-state index < -0.39 is 0 Å². The number of pyridine rings is 1. The van der Waals surface area contributed by atoms with Crippen molar-refractivity contribution in [1.82, 2.24) is 4.98 Å². The van der Waals surface area contributed by atoms with Gasteiger partial charge in [0, 0.05) is 15.5 Å². The predicted molar refractivity (Wildman–Crippen MR) is 85.6 cm³/mol. The van der Waals surface area contributed by atoms with E-state index in [4.69, 9.17) is 0 Å². The lowest BCUT2D eigenvalue weighted by molar-refractivity contribution is 0.629. The number of benzene rings is 2. The molecule has 0 aliphatic rings. The summed E-state index contributed by atoms with van der Waals surface area (Å²) in [5.41, 5.74) is 1.37. The zero-order chi connectivity index (χ0) is 14.6. The van der Waals surface area contributed by atoms with Crippen LogP contribution in [0.3, 0.4) is 0 Å². The maximum absolute atomic E-state index is 13.6. The average molecular weight is 295 g/mol. The highest BCUT2D eigenvalue weighted by Crippen LogP contribution is 2.31. The van der Waals surface area contributed by atoms with Crippen molar-refractivity contribution >= 4 is 42.4 Å². The van der Waals surface area contributed by atoms with Crippen LogP contribution >= 0.6 is 11.3 Å². The van der Waals surface area contributed by atoms with Gasteiger partial charge in [-0.2, -0.15) is 0 Å². The molecule has 4 rings (SSSR count). The summed E-state index contributed by atoms with van der Waals surface area (Å²) in [5, 5.41) is 1.98. The molecule has 2 nitrogen and oxygen atoms in total. The van der Waals surface area contributed by atoms with Gasteiger partial charge in [0.25, 0.3) is 0 Å². The summed E-state index contributed by atoms with van der Waals surface area (Å²) in [6.07, 6.45) is 0. The van der Waals surface area contributed by atoms with Gasteiger partial charge in [0.2, 0.25) is 0 Å². The Kier molecular flexibility index (Phi) is 2.56. The monoisotopic (exact) mass is 295 g/mol. The summed E-state index contributed by atoms with van der Waals surface area (Å²) >= 11 is 1.51. The minimum atomic E-state index is -0.317. The molecule has 0 atom stereocenters. The summed E-state index contributed by atoms with van der Waals surface area (Å²) < 4.78 is 15.3. The lowest BCUT2D eigenvalue weighted by Crippen LogP contribution is -2.04. The molecule has 0 fully saturated rings. The van der Waals surface area contributed by atoms with E-state index >= 15 is 0 Å². The first-order valence-corrected chi connectivity index (χ1v) is 7.38. The molecule has 0 saturated carbocycles. The second-order valence-electron chi connectivity index (χ2n) is 4.99. The van der Waals surface area contributed by atoms with Crippen LogP contribution in [-0.4, -0.2) is 4.98 Å². The Balaban J connectivity index is 2.37. The first-order valence-electron chi connectivity index (χ1n) is 6.56. The van der Waals surface area contributed by atoms with E-state index in [-0.39, 0.29) is 11.2 Å². The topological polar surface area (TPSA) is 30.0 Å². The molecule has 2 aromatic carbocycles. The van der Waals surface area contributed by atoms with Crippen LogP contribution in [0.4, 0.5) is 4.39 Å². The van der Waals surface area contributed by atoms with Gasteiger partial charge in [-0.25, -0.2) is 4.39 Å². The van der Waals surface area contributed by atoms with Crippen molar-refractivity contribution in [1.29, 1.82) is 0 Å². The summed E-state index contributed by atoms with van der Waals surface area (Å²) in [5.74, 6) is -0.317. The molecule has 0 saturated heterocycles. The molecule has 0 spiro atoms. The van der Waals surface area contributed by atoms with Gasteiger partial charge in [0.05, 0.1) is 21.3 Å². The van der Waals surface area contributed by atoms with Crippen LogP contribution in [0.15, 0.2) is 47.3 Å². The average Bonchev–Trinajstić information content (AvgIpc) is 2.48. The summed E-state index contributed by atoms with van der Waals surface area (Å²) in [4.78, 5) is 17.2. The first-order chi connectivity index (χ1) is 10.1. The molecule has 0 amide bonds. The normalized spacial score (nSPS) is 11.5. The van der Waals surface area contributed by atoms with E-state index in [9.17, 15) is 9.18 Å². The number of hydrogen-bond donors (Lipinski definition) is 0. The third-order valence-electron chi connectivity index (χ3n) is 3.65. The Bertz CT molecular complexity index is 1080. The van der Waals surface area contributed by atoms with Gasteiger partial charge >= 0.3 is 0 Å². The van der Waals surface area contributed by atoms with Crippen LogP contribution in [0, 0.1) is 12.7 Å². The quantitative estimate of drug-likeness (QED) is 0.355. The van der Waals surface area contributed by atoms with Gasteiger partial charge in [-0.05, 0) is 37.3 Å². The molecular formula is C17H10FNOS. The second kappa shape index (κ2) is 4.33. The van der Waals surface area contributed by atoms with Gasteiger partial charge < -0.3 is 0 Å². The third kappa shape index (κ3) is 1.76. The van der Waals surface area contributed by atoms with Crippen LogP contribution in [0.5, 0.6) is 0 Å². The van der Waals surface area contributed by atoms with Gasteiger partial charge in [0.15, 0.2) is 5.43 Å². The van der Waals surface area contributed by atoms with Crippen molar-refractivity contribution in [3.8, 4) is 0 Å². The Labute approximate surface area is 123 Å². The molecule has 0 aliphatic carbocycles. The maximum Gasteiger partial charge on any atom is 0.197 e. The molecule has 21 heavy (non-hydrogen) atoms. The SMILES string of the molecule is Cc1nc2ccc(F)cc2c2sc3ccccc3c(=O)c12. The molecule has 2 aromatic heterocycles. The van der Waals surface area contributed by atoms with E-state index in [1.807, 2.05) is 31.2 Å². The summed E-state index contributed by atoms with van der Waals surface area (Å²) in [6.45, 7) is 1.83. The smallest absolute Gasteiger partial charge is 0.197 e. The van der Waals surface area contributed by atoms with Crippen molar-refractivity contribution < 1.29 is 4.39 Å². The van der Waals surface area contributed by atoms with Crippen molar-refractivity contribution in [2.24, 2.45) is 0 Å². The summed E-state index contributed by atoms with van der Waals surface area (Å²) in [7, 11) is 0. The van der Waals surface area contributed by atoms with E-state index in [1.165, 1.54) is 23.5 Å². The van der Waals surface area contributed by atoms with Gasteiger partial charge in [-0.1, -0.05) is 12.1 Å². The lowest BCUT2D eigenvalue weighted by Gasteiger charge is -2.07. The molecule has 0 unspecified atom stereocenters. The van der Waals surface area contributed by atoms with Crippen molar-refractivity contribution in [2.45, 2.75) is 6.92 Å². The van der Waals surface area contributed by atoms with Gasteiger partial charge in [-0.3, -0.25) is 9.78 Å². The van der Waals surface area contributed by atoms with Gasteiger partial charge in [-0.15, -0.1) is 11.3 Å². The number of aromatic nitrogens is 1. The number of rotatable bonds is 0. The van der Waals surface area contributed by atoms with Crippen molar-refractivity contribution in [3.05, 3.63) is 64.2 Å². The number of aryl methyl sites for hydroxylation is 1. The highest BCUT2D eigenvalue weighted by molar-refractivity contribution is 7.25. The van der Waals surface area contributed by atoms with E-state index in [2.05, 4.69) is 4.98 Å². The fourth-order valence-corrected chi connectivity index (χ4v) is 3.94. The number of fused-ring (bicyclic) bond motifs is 4. The highest BCUT2D eigenvalue weighted by atomic mass is 32.1. The maximum atomic E-state index is 13.6. The highest BCUT2D eigenvalue weighted by Gasteiger charge is 2.13. The molecule has 0 aliphatic heterocycles. The zero-order valence-corrected chi connectivity index (χ0v) is 12.0. The lowest BCUT2D eigenvalue weighted by atomic mass is 10.1. The van der Waals surface area contributed by atoms with Gasteiger partial charge in [0.1, 0.15) is 5.82 Å². The second-order valence-corrected chi connectivity index (χ2v) is 6.04. The van der Waals surface area contributed by atoms with E-state index in [1.54, 1.807) is 6.07 Å². The standard InChI is InChI=1S/C17H10FNOS/c1-9-15-16(20)11-4-2-3-5-14(11)21-17(15)12-8-10(18)6-7-13(12)19-9/h2-8H,1H3. The molecule has 0 N–H and O–H groups in total. The number of hydrogen-bond acceptors (Lipinski definition) is 3. The predicted octanol–water partition coefficient (Wildman–Crippen LogP) is 4.41. The third-order valence-corrected chi connectivity index (χ3v) is 4.86. The Morgan fingerprint density at radius 1 is 1.10 bits per heavy atom. The van der Waals surface area contributed by atoms with Crippen LogP contribution in [0.1, 0.15) is 5.69 Å². The fraction of sp³-hybridized carbons (Fsp3) is 0.0588. The fourth-order valence-electron chi connectivity index (χ4n) is 2.68. The van der Waals surface area contributed by atoms with E-state index in [0.29, 0.717) is 27.4 Å². The number of nitrogens with zero attached hydrogens (tertiary/aromatic N) is 1. The van der Waals surface area contributed by atoms with Crippen LogP contribution in [-0.2, 0) is 0 Å². The minimum Gasteiger partial charge on any atom is -0.288 e. The molecule has 0 radical (unpaired) electrons. The van der Waals surface area contributed by atoms with Crippen LogP contribution in [0.2, 0.25) is 0 Å². The molecular weight excluding hydrogens is 285 g/mol. The zero-order valence-electron chi connectivity index (χ0n) is 11.2. The minimum absolute atomic E-state index is 0.0319. The summed E-state index contributed by atoms with van der Waals surface area (Å²) in [6, 6.07) is 12.0. The number of halogens is 1. The van der Waals surface area contributed by atoms with Crippen LogP contribution in [0.25, 0.3) is 31.1 Å². The van der Waals surface area contributed by atoms with Crippen LogP contribution < -0.4 is 5.43 Å². The van der Waals surface area contributed by atoms with Crippen molar-refractivity contribution in [3.63, 3.8) is 0 Å². The molecule has 4 aromatic rings. The largest absolute Gasteiger partial charge is 0.288 e. The molecule has 2 heterocycles. The van der Waals surface area contributed by atoms with Crippen molar-refractivity contribution in [2.75, 3.05) is 0 Å². The molecule has 4 heteroatoms. The Morgan fingerprint density at radius 3 is 2.76 bits per heavy atom.